The van der Waals surface area contributed by atoms with E-state index in [-0.39, 0.29) is 23.2 Å². The van der Waals surface area contributed by atoms with E-state index in [1.54, 1.807) is 0 Å². The van der Waals surface area contributed by atoms with Crippen molar-refractivity contribution in [3.63, 3.8) is 0 Å². The second-order valence-electron chi connectivity index (χ2n) is 5.26. The Kier molecular flexibility index (Phi) is 2.57. The lowest BCUT2D eigenvalue weighted by molar-refractivity contribution is -0.119. The number of ketones is 1. The van der Waals surface area contributed by atoms with Gasteiger partial charge in [0.05, 0.1) is 6.04 Å². The van der Waals surface area contributed by atoms with E-state index < -0.39 is 17.7 Å². The van der Waals surface area contributed by atoms with Crippen LogP contribution in [-0.2, 0) is 16.6 Å². The van der Waals surface area contributed by atoms with Crippen molar-refractivity contribution in [2.24, 2.45) is 5.11 Å². The number of carbonyl (C=O) groups excluding carboxylic acids is 1. The summed E-state index contributed by atoms with van der Waals surface area (Å²) in [6.45, 7) is 0. The van der Waals surface area contributed by atoms with Crippen molar-refractivity contribution in [1.82, 2.24) is 0 Å². The van der Waals surface area contributed by atoms with Crippen LogP contribution in [0.15, 0.2) is 17.2 Å². The van der Waals surface area contributed by atoms with E-state index in [1.807, 2.05) is 0 Å². The van der Waals surface area contributed by atoms with Crippen LogP contribution in [0.3, 0.4) is 0 Å². The van der Waals surface area contributed by atoms with Crippen molar-refractivity contribution >= 4 is 5.78 Å². The Hall–Kier alpha value is -1.94. The van der Waals surface area contributed by atoms with E-state index in [0.717, 1.165) is 18.9 Å². The maximum Gasteiger partial charge on any atom is 0.146 e. The van der Waals surface area contributed by atoms with Crippen molar-refractivity contribution in [3.05, 3.63) is 45.3 Å². The summed E-state index contributed by atoms with van der Waals surface area (Å²) < 4.78 is 27.3. The maximum atomic E-state index is 13.9. The zero-order valence-corrected chi connectivity index (χ0v) is 10.1. The molecule has 0 amide bonds. The molecule has 0 aliphatic heterocycles. The predicted molar refractivity (Wildman–Crippen MR) is 63.5 cm³/mol. The van der Waals surface area contributed by atoms with Crippen LogP contribution in [0.25, 0.3) is 10.4 Å². The molecule has 1 unspecified atom stereocenters. The Morgan fingerprint density at radius 3 is 2.74 bits per heavy atom. The quantitative estimate of drug-likeness (QED) is 0.436. The molecule has 19 heavy (non-hydrogen) atoms. The molecule has 0 bridgehead atoms. The van der Waals surface area contributed by atoms with Crippen LogP contribution in [0.1, 0.15) is 30.4 Å². The summed E-state index contributed by atoms with van der Waals surface area (Å²) in [4.78, 5) is 14.7. The second kappa shape index (κ2) is 4.03. The molecule has 4 nitrogen and oxygen atoms in total. The van der Waals surface area contributed by atoms with Crippen LogP contribution in [-0.4, -0.2) is 11.8 Å². The summed E-state index contributed by atoms with van der Waals surface area (Å²) in [7, 11) is 0. The van der Waals surface area contributed by atoms with Gasteiger partial charge in [-0.15, -0.1) is 0 Å². The predicted octanol–water partition coefficient (Wildman–Crippen LogP) is 3.19. The average molecular weight is 263 g/mol. The first-order valence-corrected chi connectivity index (χ1v) is 6.11. The molecule has 0 heterocycles. The van der Waals surface area contributed by atoms with Gasteiger partial charge in [0.25, 0.3) is 0 Å². The van der Waals surface area contributed by atoms with E-state index in [0.29, 0.717) is 12.0 Å². The molecular weight excluding hydrogens is 252 g/mol. The third-order valence-corrected chi connectivity index (χ3v) is 4.08. The molecule has 98 valence electrons. The smallest absolute Gasteiger partial charge is 0.146 e. The molecule has 1 fully saturated rings. The Morgan fingerprint density at radius 2 is 2.11 bits per heavy atom. The van der Waals surface area contributed by atoms with Gasteiger partial charge in [-0.3, -0.25) is 4.79 Å². The molecule has 0 N–H and O–H groups in total. The van der Waals surface area contributed by atoms with Crippen molar-refractivity contribution in [3.8, 4) is 0 Å². The van der Waals surface area contributed by atoms with Crippen molar-refractivity contribution < 1.29 is 13.6 Å². The van der Waals surface area contributed by atoms with Crippen LogP contribution in [0.2, 0.25) is 0 Å². The first-order chi connectivity index (χ1) is 9.05. The molecule has 2 aliphatic carbocycles. The number of hydrogen-bond acceptors (Lipinski definition) is 2. The SMILES string of the molecule is [N-]=[N+]=NC1CC2(CC2)c2cc(F)cc(F)c2CC1=O. The molecule has 1 aromatic carbocycles. The fraction of sp³-hybridized carbons (Fsp3) is 0.462. The molecule has 2 aliphatic rings. The molecule has 1 saturated carbocycles. The molecular formula is C13H11F2N3O. The Balaban J connectivity index is 2.15. The normalized spacial score (nSPS) is 23.5. The fourth-order valence-corrected chi connectivity index (χ4v) is 2.93. The summed E-state index contributed by atoms with van der Waals surface area (Å²) >= 11 is 0. The number of benzene rings is 1. The third-order valence-electron chi connectivity index (χ3n) is 4.08. The summed E-state index contributed by atoms with van der Waals surface area (Å²) in [5, 5.41) is 3.51. The lowest BCUT2D eigenvalue weighted by atomic mass is 9.88. The number of hydrogen-bond donors (Lipinski definition) is 0. The summed E-state index contributed by atoms with van der Waals surface area (Å²) in [6, 6.07) is 1.34. The number of fused-ring (bicyclic) bond motifs is 2. The van der Waals surface area contributed by atoms with Crippen LogP contribution in [0.5, 0.6) is 0 Å². The Labute approximate surface area is 108 Å². The molecule has 1 spiro atoms. The Bertz CT molecular complexity index is 619. The second-order valence-corrected chi connectivity index (χ2v) is 5.26. The summed E-state index contributed by atoms with van der Waals surface area (Å²) in [6.07, 6.45) is 1.76. The molecule has 6 heteroatoms. The van der Waals surface area contributed by atoms with Crippen molar-refractivity contribution in [2.45, 2.75) is 37.1 Å². The van der Waals surface area contributed by atoms with Gasteiger partial charge in [-0.2, -0.15) is 0 Å². The number of carbonyl (C=O) groups is 1. The first kappa shape index (κ1) is 12.1. The van der Waals surface area contributed by atoms with E-state index in [2.05, 4.69) is 10.0 Å². The highest BCUT2D eigenvalue weighted by Crippen LogP contribution is 2.55. The first-order valence-electron chi connectivity index (χ1n) is 6.11. The molecule has 1 aromatic rings. The van der Waals surface area contributed by atoms with E-state index in [4.69, 9.17) is 5.53 Å². The minimum absolute atomic E-state index is 0.132. The van der Waals surface area contributed by atoms with Crippen LogP contribution >= 0.6 is 0 Å². The van der Waals surface area contributed by atoms with Gasteiger partial charge in [-0.05, 0) is 47.4 Å². The topological polar surface area (TPSA) is 65.8 Å². The molecule has 0 aromatic heterocycles. The zero-order valence-electron chi connectivity index (χ0n) is 10.1. The number of rotatable bonds is 1. The summed E-state index contributed by atoms with van der Waals surface area (Å²) in [5.74, 6) is -1.61. The van der Waals surface area contributed by atoms with Gasteiger partial charge in [0.1, 0.15) is 17.4 Å². The van der Waals surface area contributed by atoms with Gasteiger partial charge in [0.2, 0.25) is 0 Å². The number of azide groups is 1. The van der Waals surface area contributed by atoms with Gasteiger partial charge in [-0.25, -0.2) is 8.78 Å². The Morgan fingerprint density at radius 1 is 1.37 bits per heavy atom. The van der Waals surface area contributed by atoms with Gasteiger partial charge in [0.15, 0.2) is 0 Å². The van der Waals surface area contributed by atoms with E-state index in [1.165, 1.54) is 6.07 Å². The third kappa shape index (κ3) is 1.88. The fourth-order valence-electron chi connectivity index (χ4n) is 2.93. The zero-order chi connectivity index (χ0) is 13.6. The average Bonchev–Trinajstić information content (AvgIpc) is 3.12. The largest absolute Gasteiger partial charge is 0.299 e. The lowest BCUT2D eigenvalue weighted by Gasteiger charge is -2.17. The highest BCUT2D eigenvalue weighted by Gasteiger charge is 2.50. The lowest BCUT2D eigenvalue weighted by Crippen LogP contribution is -2.21. The van der Waals surface area contributed by atoms with Crippen molar-refractivity contribution in [2.75, 3.05) is 0 Å². The van der Waals surface area contributed by atoms with E-state index in [9.17, 15) is 13.6 Å². The number of halogens is 2. The van der Waals surface area contributed by atoms with Crippen molar-refractivity contribution in [1.29, 1.82) is 0 Å². The van der Waals surface area contributed by atoms with Crippen LogP contribution in [0, 0.1) is 11.6 Å². The molecule has 3 rings (SSSR count). The summed E-state index contributed by atoms with van der Waals surface area (Å²) in [5.41, 5.74) is 8.96. The minimum atomic E-state index is -0.776. The molecule has 0 saturated heterocycles. The van der Waals surface area contributed by atoms with Crippen LogP contribution < -0.4 is 0 Å². The van der Waals surface area contributed by atoms with Gasteiger partial charge < -0.3 is 0 Å². The minimum Gasteiger partial charge on any atom is -0.299 e. The number of nitrogens with zero attached hydrogens (tertiary/aromatic N) is 3. The van der Waals surface area contributed by atoms with E-state index >= 15 is 0 Å². The monoisotopic (exact) mass is 263 g/mol. The standard InChI is InChI=1S/C13H11F2N3O/c14-7-3-9-8(10(15)4-7)5-12(19)11(17-18-16)6-13(9)1-2-13/h3-4,11H,1-2,5-6H2. The number of Topliss-reactive ketones (excluding diaryl/α,β-unsaturated/α-hetero) is 1. The van der Waals surface area contributed by atoms with Gasteiger partial charge >= 0.3 is 0 Å². The maximum absolute atomic E-state index is 13.9. The van der Waals surface area contributed by atoms with Crippen LogP contribution in [0.4, 0.5) is 8.78 Å². The molecule has 0 radical (unpaired) electrons. The van der Waals surface area contributed by atoms with Gasteiger partial charge in [-0.1, -0.05) is 5.11 Å². The highest BCUT2D eigenvalue weighted by molar-refractivity contribution is 5.88. The van der Waals surface area contributed by atoms with Gasteiger partial charge in [0, 0.05) is 17.4 Å². The molecule has 1 atom stereocenters. The highest BCUT2D eigenvalue weighted by atomic mass is 19.1.